The topological polar surface area (TPSA) is 71.3 Å². The van der Waals surface area contributed by atoms with Crippen LogP contribution in [0.3, 0.4) is 0 Å². The highest BCUT2D eigenvalue weighted by Crippen LogP contribution is 2.21. The molecule has 8 heteroatoms. The van der Waals surface area contributed by atoms with Crippen molar-refractivity contribution >= 4 is 27.7 Å². The quantitative estimate of drug-likeness (QED) is 0.729. The monoisotopic (exact) mass is 433 g/mol. The number of nitrogens with zero attached hydrogens (tertiary/aromatic N) is 5. The fourth-order valence-corrected chi connectivity index (χ4v) is 3.50. The highest BCUT2D eigenvalue weighted by atomic mass is 79.9. The third-order valence-electron chi connectivity index (χ3n) is 4.65. The minimum atomic E-state index is -0.407. The minimum absolute atomic E-state index is 0.117. The summed E-state index contributed by atoms with van der Waals surface area (Å²) >= 11 is 3.44. The van der Waals surface area contributed by atoms with Crippen LogP contribution in [0, 0.1) is 12.3 Å². The normalized spacial score (nSPS) is 15.1. The molecule has 1 aliphatic rings. The smallest absolute Gasteiger partial charge is 0.276 e. The van der Waals surface area contributed by atoms with Crippen molar-refractivity contribution in [2.24, 2.45) is 5.41 Å². The molecule has 0 N–H and O–H groups in total. The lowest BCUT2D eigenvalue weighted by atomic mass is 9.94. The number of aromatic nitrogens is 3. The fourth-order valence-electron chi connectivity index (χ4n) is 3.12. The Morgan fingerprint density at radius 2 is 1.70 bits per heavy atom. The van der Waals surface area contributed by atoms with Crippen molar-refractivity contribution in [2.75, 3.05) is 26.2 Å². The van der Waals surface area contributed by atoms with Crippen LogP contribution in [0.25, 0.3) is 5.69 Å². The van der Waals surface area contributed by atoms with Gasteiger partial charge in [0.05, 0.1) is 11.4 Å². The molecule has 0 aliphatic carbocycles. The van der Waals surface area contributed by atoms with E-state index in [1.54, 1.807) is 9.58 Å². The summed E-state index contributed by atoms with van der Waals surface area (Å²) in [6.45, 7) is 9.67. The van der Waals surface area contributed by atoms with Crippen molar-refractivity contribution in [3.8, 4) is 5.69 Å². The number of halogens is 1. The molecule has 0 atom stereocenters. The third-order valence-corrected chi connectivity index (χ3v) is 5.14. The number of rotatable bonds is 2. The van der Waals surface area contributed by atoms with Crippen molar-refractivity contribution in [1.82, 2.24) is 24.8 Å². The molecule has 1 aliphatic heterocycles. The van der Waals surface area contributed by atoms with Crippen LogP contribution in [-0.2, 0) is 4.79 Å². The van der Waals surface area contributed by atoms with Gasteiger partial charge >= 0.3 is 0 Å². The van der Waals surface area contributed by atoms with Gasteiger partial charge in [-0.05, 0) is 25.1 Å². The van der Waals surface area contributed by atoms with E-state index >= 15 is 0 Å². The van der Waals surface area contributed by atoms with Gasteiger partial charge in [0.2, 0.25) is 5.91 Å². The molecule has 0 bridgehead atoms. The van der Waals surface area contributed by atoms with Crippen LogP contribution in [0.4, 0.5) is 0 Å². The molecule has 0 radical (unpaired) electrons. The maximum absolute atomic E-state index is 12.9. The summed E-state index contributed by atoms with van der Waals surface area (Å²) in [5.41, 5.74) is 1.49. The lowest BCUT2D eigenvalue weighted by Crippen LogP contribution is -2.53. The van der Waals surface area contributed by atoms with Crippen LogP contribution in [0.15, 0.2) is 28.7 Å². The standard InChI is InChI=1S/C19H24BrN5O2/c1-13-16(21-22-25(13)15-7-5-6-14(20)12-15)17(26)23-8-10-24(11-9-23)18(27)19(2,3)4/h5-7,12H,8-11H2,1-4H3. The number of piperazine rings is 1. The van der Waals surface area contributed by atoms with Crippen molar-refractivity contribution in [2.45, 2.75) is 27.7 Å². The molecule has 1 fully saturated rings. The van der Waals surface area contributed by atoms with Gasteiger partial charge in [0.25, 0.3) is 5.91 Å². The fraction of sp³-hybridized carbons (Fsp3) is 0.474. The minimum Gasteiger partial charge on any atom is -0.339 e. The average molecular weight is 434 g/mol. The van der Waals surface area contributed by atoms with Crippen molar-refractivity contribution in [3.05, 3.63) is 40.1 Å². The molecule has 2 heterocycles. The second-order valence-corrected chi connectivity index (χ2v) is 8.67. The van der Waals surface area contributed by atoms with Gasteiger partial charge in [-0.15, -0.1) is 5.10 Å². The summed E-state index contributed by atoms with van der Waals surface area (Å²) in [6.07, 6.45) is 0. The molecule has 0 spiro atoms. The first-order chi connectivity index (χ1) is 12.7. The number of hydrogen-bond acceptors (Lipinski definition) is 4. The van der Waals surface area contributed by atoms with E-state index < -0.39 is 5.41 Å². The van der Waals surface area contributed by atoms with Gasteiger partial charge in [-0.25, -0.2) is 4.68 Å². The van der Waals surface area contributed by atoms with Gasteiger partial charge in [0, 0.05) is 36.1 Å². The third kappa shape index (κ3) is 4.05. The van der Waals surface area contributed by atoms with Crippen molar-refractivity contribution in [3.63, 3.8) is 0 Å². The summed E-state index contributed by atoms with van der Waals surface area (Å²) in [6, 6.07) is 7.68. The Kier molecular flexibility index (Phi) is 5.37. The molecule has 2 amide bonds. The number of carbonyl (C=O) groups excluding carboxylic acids is 2. The summed E-state index contributed by atoms with van der Waals surface area (Å²) in [4.78, 5) is 28.9. The molecular formula is C19H24BrN5O2. The van der Waals surface area contributed by atoms with Crippen LogP contribution in [0.2, 0.25) is 0 Å². The number of carbonyl (C=O) groups is 2. The van der Waals surface area contributed by atoms with E-state index in [1.165, 1.54) is 0 Å². The highest BCUT2D eigenvalue weighted by molar-refractivity contribution is 9.10. The first kappa shape index (κ1) is 19.5. The Balaban J connectivity index is 1.72. The Morgan fingerprint density at radius 1 is 1.07 bits per heavy atom. The van der Waals surface area contributed by atoms with Crippen LogP contribution in [0.1, 0.15) is 37.0 Å². The van der Waals surface area contributed by atoms with E-state index in [0.717, 1.165) is 10.2 Å². The molecule has 1 aromatic carbocycles. The van der Waals surface area contributed by atoms with Crippen molar-refractivity contribution in [1.29, 1.82) is 0 Å². The molecular weight excluding hydrogens is 410 g/mol. The van der Waals surface area contributed by atoms with E-state index in [0.29, 0.717) is 37.6 Å². The zero-order valence-electron chi connectivity index (χ0n) is 16.1. The number of amides is 2. The molecule has 2 aromatic rings. The Hall–Kier alpha value is -2.22. The summed E-state index contributed by atoms with van der Waals surface area (Å²) < 4.78 is 2.60. The van der Waals surface area contributed by atoms with Crippen LogP contribution in [-0.4, -0.2) is 62.8 Å². The predicted octanol–water partition coefficient (Wildman–Crippen LogP) is 2.67. The molecule has 27 heavy (non-hydrogen) atoms. The Morgan fingerprint density at radius 3 is 2.30 bits per heavy atom. The molecule has 0 saturated carbocycles. The molecule has 7 nitrogen and oxygen atoms in total. The predicted molar refractivity (Wildman–Crippen MR) is 106 cm³/mol. The maximum Gasteiger partial charge on any atom is 0.276 e. The average Bonchev–Trinajstić information content (AvgIpc) is 3.01. The second kappa shape index (κ2) is 7.42. The number of benzene rings is 1. The zero-order chi connectivity index (χ0) is 19.8. The first-order valence-electron chi connectivity index (χ1n) is 8.95. The van der Waals surface area contributed by atoms with E-state index in [9.17, 15) is 9.59 Å². The summed E-state index contributed by atoms with van der Waals surface area (Å²) in [7, 11) is 0. The summed E-state index contributed by atoms with van der Waals surface area (Å²) in [5, 5.41) is 8.27. The Labute approximate surface area is 167 Å². The van der Waals surface area contributed by atoms with Gasteiger partial charge in [-0.2, -0.15) is 0 Å². The van der Waals surface area contributed by atoms with E-state index in [1.807, 2.05) is 56.9 Å². The lowest BCUT2D eigenvalue weighted by molar-refractivity contribution is -0.140. The highest BCUT2D eigenvalue weighted by Gasteiger charge is 2.32. The van der Waals surface area contributed by atoms with Gasteiger partial charge in [0.15, 0.2) is 5.69 Å². The largest absolute Gasteiger partial charge is 0.339 e. The van der Waals surface area contributed by atoms with Crippen LogP contribution < -0.4 is 0 Å². The summed E-state index contributed by atoms with van der Waals surface area (Å²) in [5.74, 6) is -0.0250. The second-order valence-electron chi connectivity index (χ2n) is 7.75. The molecule has 1 aromatic heterocycles. The van der Waals surface area contributed by atoms with E-state index in [2.05, 4.69) is 26.2 Å². The molecule has 1 saturated heterocycles. The SMILES string of the molecule is Cc1c(C(=O)N2CCN(C(=O)C(C)(C)C)CC2)nnn1-c1cccc(Br)c1. The van der Waals surface area contributed by atoms with E-state index in [-0.39, 0.29) is 11.8 Å². The van der Waals surface area contributed by atoms with Gasteiger partial charge < -0.3 is 9.80 Å². The van der Waals surface area contributed by atoms with Crippen LogP contribution >= 0.6 is 15.9 Å². The zero-order valence-corrected chi connectivity index (χ0v) is 17.7. The molecule has 144 valence electrons. The maximum atomic E-state index is 12.9. The van der Waals surface area contributed by atoms with E-state index in [4.69, 9.17) is 0 Å². The van der Waals surface area contributed by atoms with Gasteiger partial charge in [0.1, 0.15) is 0 Å². The van der Waals surface area contributed by atoms with Gasteiger partial charge in [-0.3, -0.25) is 9.59 Å². The van der Waals surface area contributed by atoms with Crippen LogP contribution in [0.5, 0.6) is 0 Å². The Bertz CT molecular complexity index is 863. The number of hydrogen-bond donors (Lipinski definition) is 0. The molecule has 0 unspecified atom stereocenters. The molecule has 3 rings (SSSR count). The first-order valence-corrected chi connectivity index (χ1v) is 9.74. The van der Waals surface area contributed by atoms with Crippen molar-refractivity contribution < 1.29 is 9.59 Å². The van der Waals surface area contributed by atoms with Gasteiger partial charge in [-0.1, -0.05) is 48.0 Å². The lowest BCUT2D eigenvalue weighted by Gasteiger charge is -2.37.